The van der Waals surface area contributed by atoms with Crippen LogP contribution in [-0.2, 0) is 32.7 Å². The summed E-state index contributed by atoms with van der Waals surface area (Å²) in [5.41, 5.74) is 0.715. The van der Waals surface area contributed by atoms with Gasteiger partial charge in [-0.2, -0.15) is 5.26 Å². The minimum Gasteiger partial charge on any atom is -0.358 e. The van der Waals surface area contributed by atoms with Crippen LogP contribution in [0.1, 0.15) is 19.4 Å². The number of benzene rings is 1. The third-order valence-electron chi connectivity index (χ3n) is 0.903. The van der Waals surface area contributed by atoms with Gasteiger partial charge in [0.15, 0.2) is 0 Å². The van der Waals surface area contributed by atoms with Crippen molar-refractivity contribution in [3.8, 4) is 6.07 Å². The van der Waals surface area contributed by atoms with E-state index in [1.54, 1.807) is 12.1 Å². The fourth-order valence-electron chi connectivity index (χ4n) is 0.513. The predicted octanol–water partition coefficient (Wildman–Crippen LogP) is 3.03. The maximum absolute atomic E-state index is 8.29. The molecule has 12 heavy (non-hydrogen) atoms. The maximum atomic E-state index is 8.29. The molecule has 1 nitrogen and oxygen atoms in total. The second-order valence-corrected chi connectivity index (χ2v) is 1.48. The Kier molecular flexibility index (Phi) is 19.9. The summed E-state index contributed by atoms with van der Waals surface area (Å²) in [5.74, 6) is 0. The molecule has 0 saturated heterocycles. The largest absolute Gasteiger partial charge is 0.358 e. The first-order valence-corrected chi connectivity index (χ1v) is 3.38. The fraction of sp³-hybridized carbons (Fsp3) is 0.200. The third kappa shape index (κ3) is 7.92. The van der Waals surface area contributed by atoms with Crippen LogP contribution in [0.15, 0.2) is 30.3 Å². The van der Waals surface area contributed by atoms with Crippen LogP contribution in [0.25, 0.3) is 0 Å². The van der Waals surface area contributed by atoms with Crippen molar-refractivity contribution < 1.29 is 32.7 Å². The standard InChI is InChI=1S/C7H5N.C2H6.CH3.Y/c8-6-7-4-2-1-3-5-7;1-2;;/h1-5H;1-2H3;1H3;/q;;-1;. The maximum Gasteiger partial charge on any atom is 0.0991 e. The van der Waals surface area contributed by atoms with Crippen LogP contribution in [-0.4, -0.2) is 0 Å². The van der Waals surface area contributed by atoms with Crippen molar-refractivity contribution in [1.82, 2.24) is 0 Å². The molecule has 0 heterocycles. The van der Waals surface area contributed by atoms with Gasteiger partial charge in [0, 0.05) is 32.7 Å². The summed E-state index contributed by atoms with van der Waals surface area (Å²) in [7, 11) is 0. The van der Waals surface area contributed by atoms with Crippen LogP contribution >= 0.6 is 0 Å². The normalized spacial score (nSPS) is 5.75. The average Bonchev–Trinajstić information content (AvgIpc) is 2.10. The van der Waals surface area contributed by atoms with E-state index < -0.39 is 0 Å². The molecule has 1 radical (unpaired) electrons. The molecule has 0 aliphatic rings. The molecule has 0 aromatic heterocycles. The first-order chi connectivity index (χ1) is 4.93. The summed E-state index contributed by atoms with van der Waals surface area (Å²) in [6.45, 7) is 4.00. The molecular formula is C10H14NY-. The summed E-state index contributed by atoms with van der Waals surface area (Å²) in [4.78, 5) is 0. The molecule has 2 heteroatoms. The molecule has 0 saturated carbocycles. The minimum absolute atomic E-state index is 0. The second kappa shape index (κ2) is 13.4. The fourth-order valence-corrected chi connectivity index (χ4v) is 0.513. The molecule has 0 aliphatic carbocycles. The Labute approximate surface area is 101 Å². The quantitative estimate of drug-likeness (QED) is 0.636. The van der Waals surface area contributed by atoms with Gasteiger partial charge < -0.3 is 7.43 Å². The van der Waals surface area contributed by atoms with Gasteiger partial charge in [-0.1, -0.05) is 32.0 Å². The van der Waals surface area contributed by atoms with E-state index in [4.69, 9.17) is 5.26 Å². The van der Waals surface area contributed by atoms with E-state index in [1.807, 2.05) is 38.1 Å². The second-order valence-electron chi connectivity index (χ2n) is 1.48. The Hall–Kier alpha value is -0.186. The van der Waals surface area contributed by atoms with Crippen molar-refractivity contribution in [2.24, 2.45) is 0 Å². The van der Waals surface area contributed by atoms with Crippen molar-refractivity contribution in [2.45, 2.75) is 13.8 Å². The topological polar surface area (TPSA) is 23.8 Å². The van der Waals surface area contributed by atoms with E-state index in [9.17, 15) is 0 Å². The number of nitrogens with zero attached hydrogens (tertiary/aromatic N) is 1. The van der Waals surface area contributed by atoms with E-state index in [0.29, 0.717) is 5.56 Å². The first-order valence-electron chi connectivity index (χ1n) is 3.38. The van der Waals surface area contributed by atoms with Gasteiger partial charge in [-0.3, -0.25) is 0 Å². The van der Waals surface area contributed by atoms with E-state index in [-0.39, 0.29) is 40.1 Å². The molecule has 0 aliphatic heterocycles. The summed E-state index contributed by atoms with van der Waals surface area (Å²) in [6.07, 6.45) is 0. The summed E-state index contributed by atoms with van der Waals surface area (Å²) in [6, 6.07) is 11.2. The van der Waals surface area contributed by atoms with E-state index in [1.165, 1.54) is 0 Å². The summed E-state index contributed by atoms with van der Waals surface area (Å²) >= 11 is 0. The van der Waals surface area contributed by atoms with Crippen LogP contribution in [0.3, 0.4) is 0 Å². The van der Waals surface area contributed by atoms with E-state index >= 15 is 0 Å². The molecule has 0 unspecified atom stereocenters. The average molecular weight is 237 g/mol. The molecule has 0 amide bonds. The summed E-state index contributed by atoms with van der Waals surface area (Å²) in [5, 5.41) is 8.29. The zero-order valence-corrected chi connectivity index (χ0v) is 10.7. The molecule has 1 rings (SSSR count). The molecule has 0 fully saturated rings. The first kappa shape index (κ1) is 17.8. The van der Waals surface area contributed by atoms with Crippen molar-refractivity contribution in [3.05, 3.63) is 43.3 Å². The Bertz CT molecular complexity index is 201. The third-order valence-corrected chi connectivity index (χ3v) is 0.903. The molecule has 1 aromatic carbocycles. The van der Waals surface area contributed by atoms with Gasteiger partial charge in [0.05, 0.1) is 11.6 Å². The van der Waals surface area contributed by atoms with Crippen molar-refractivity contribution in [2.75, 3.05) is 0 Å². The SMILES string of the molecule is CC.N#Cc1ccccc1.[CH3-].[Y]. The van der Waals surface area contributed by atoms with Crippen molar-refractivity contribution in [3.63, 3.8) is 0 Å². The smallest absolute Gasteiger partial charge is 0.0991 e. The predicted molar refractivity (Wildman–Crippen MR) is 48.9 cm³/mol. The number of hydrogen-bond acceptors (Lipinski definition) is 1. The van der Waals surface area contributed by atoms with Crippen LogP contribution in [0.2, 0.25) is 0 Å². The molecule has 0 N–H and O–H groups in total. The van der Waals surface area contributed by atoms with Crippen LogP contribution < -0.4 is 0 Å². The van der Waals surface area contributed by atoms with Gasteiger partial charge >= 0.3 is 0 Å². The molecular weight excluding hydrogens is 223 g/mol. The zero-order chi connectivity index (χ0) is 7.82. The van der Waals surface area contributed by atoms with Gasteiger partial charge in [0.1, 0.15) is 0 Å². The van der Waals surface area contributed by atoms with E-state index in [0.717, 1.165) is 0 Å². The Morgan fingerprint density at radius 3 is 1.75 bits per heavy atom. The number of nitriles is 1. The van der Waals surface area contributed by atoms with Crippen LogP contribution in [0, 0.1) is 18.8 Å². The molecule has 63 valence electrons. The van der Waals surface area contributed by atoms with Crippen molar-refractivity contribution >= 4 is 0 Å². The molecule has 0 atom stereocenters. The molecule has 0 bridgehead atoms. The van der Waals surface area contributed by atoms with Crippen molar-refractivity contribution in [1.29, 1.82) is 5.26 Å². The zero-order valence-electron chi connectivity index (χ0n) is 7.91. The Morgan fingerprint density at radius 2 is 1.50 bits per heavy atom. The summed E-state index contributed by atoms with van der Waals surface area (Å²) < 4.78 is 0. The monoisotopic (exact) mass is 237 g/mol. The van der Waals surface area contributed by atoms with Gasteiger partial charge in [-0.15, -0.1) is 0 Å². The van der Waals surface area contributed by atoms with Gasteiger partial charge in [-0.25, -0.2) is 0 Å². The van der Waals surface area contributed by atoms with Crippen LogP contribution in [0.5, 0.6) is 0 Å². The molecule has 0 spiro atoms. The van der Waals surface area contributed by atoms with Gasteiger partial charge in [0.25, 0.3) is 0 Å². The van der Waals surface area contributed by atoms with Crippen LogP contribution in [0.4, 0.5) is 0 Å². The number of rotatable bonds is 0. The molecule has 1 aromatic rings. The Morgan fingerprint density at radius 1 is 1.08 bits per heavy atom. The van der Waals surface area contributed by atoms with E-state index in [2.05, 4.69) is 0 Å². The minimum atomic E-state index is 0. The Balaban J connectivity index is -0.000000189. The van der Waals surface area contributed by atoms with Gasteiger partial charge in [0.2, 0.25) is 0 Å². The van der Waals surface area contributed by atoms with Gasteiger partial charge in [-0.05, 0) is 12.1 Å². The number of hydrogen-bond donors (Lipinski definition) is 0.